The zero-order valence-electron chi connectivity index (χ0n) is 14.2. The molecule has 0 aliphatic carbocycles. The summed E-state index contributed by atoms with van der Waals surface area (Å²) in [6.45, 7) is 8.81. The molecule has 0 heterocycles. The normalized spacial score (nSPS) is 13.5. The lowest BCUT2D eigenvalue weighted by Crippen LogP contribution is -2.32. The lowest BCUT2D eigenvalue weighted by atomic mass is 9.85. The van der Waals surface area contributed by atoms with E-state index in [1.807, 2.05) is 20.8 Å². The quantitative estimate of drug-likeness (QED) is 0.402. The Hall–Kier alpha value is -1.06. The number of esters is 2. The molecule has 0 aliphatic rings. The Bertz CT molecular complexity index is 289. The molecule has 2 unspecified atom stereocenters. The molecule has 0 spiro atoms. The van der Waals surface area contributed by atoms with Gasteiger partial charge in [-0.1, -0.05) is 47.0 Å². The van der Waals surface area contributed by atoms with Gasteiger partial charge in [0.2, 0.25) is 0 Å². The molecule has 0 fully saturated rings. The van der Waals surface area contributed by atoms with Gasteiger partial charge >= 0.3 is 11.9 Å². The molecule has 0 aromatic heterocycles. The van der Waals surface area contributed by atoms with Crippen molar-refractivity contribution in [2.45, 2.75) is 72.6 Å². The van der Waals surface area contributed by atoms with Crippen molar-refractivity contribution in [2.24, 2.45) is 11.8 Å². The minimum Gasteiger partial charge on any atom is -0.465 e. The van der Waals surface area contributed by atoms with E-state index in [0.717, 1.165) is 32.1 Å². The molecule has 124 valence electrons. The molecule has 0 saturated carbocycles. The lowest BCUT2D eigenvalue weighted by molar-refractivity contribution is -0.161. The van der Waals surface area contributed by atoms with E-state index < -0.39 is 0 Å². The summed E-state index contributed by atoms with van der Waals surface area (Å²) in [4.78, 5) is 24.4. The zero-order valence-corrected chi connectivity index (χ0v) is 14.2. The van der Waals surface area contributed by atoms with E-state index >= 15 is 0 Å². The maximum atomic E-state index is 12.2. The van der Waals surface area contributed by atoms with Crippen molar-refractivity contribution >= 4 is 11.9 Å². The second kappa shape index (κ2) is 12.7. The van der Waals surface area contributed by atoms with Gasteiger partial charge in [-0.3, -0.25) is 9.59 Å². The Morgan fingerprint density at radius 3 is 1.71 bits per heavy atom. The molecular formula is C17H32O4. The van der Waals surface area contributed by atoms with Gasteiger partial charge in [-0.05, 0) is 25.7 Å². The third kappa shape index (κ3) is 8.08. The topological polar surface area (TPSA) is 52.6 Å². The van der Waals surface area contributed by atoms with Crippen LogP contribution in [0, 0.1) is 11.8 Å². The molecule has 0 bridgehead atoms. The van der Waals surface area contributed by atoms with Gasteiger partial charge in [0, 0.05) is 0 Å². The molecule has 0 radical (unpaired) electrons. The molecule has 0 N–H and O–H groups in total. The van der Waals surface area contributed by atoms with Crippen molar-refractivity contribution in [3.8, 4) is 0 Å². The zero-order chi connectivity index (χ0) is 16.1. The highest BCUT2D eigenvalue weighted by Crippen LogP contribution is 2.25. The van der Waals surface area contributed by atoms with Crippen molar-refractivity contribution in [1.29, 1.82) is 0 Å². The molecule has 21 heavy (non-hydrogen) atoms. The van der Waals surface area contributed by atoms with Crippen molar-refractivity contribution in [1.82, 2.24) is 0 Å². The Morgan fingerprint density at radius 1 is 0.762 bits per heavy atom. The Labute approximate surface area is 129 Å². The fourth-order valence-corrected chi connectivity index (χ4v) is 2.33. The van der Waals surface area contributed by atoms with Crippen molar-refractivity contribution < 1.29 is 19.1 Å². The Balaban J connectivity index is 4.76. The predicted octanol–water partition coefficient (Wildman–Crippen LogP) is 4.12. The van der Waals surface area contributed by atoms with Crippen LogP contribution in [0.25, 0.3) is 0 Å². The summed E-state index contributed by atoms with van der Waals surface area (Å²) in [5.74, 6) is -1.24. The van der Waals surface area contributed by atoms with Gasteiger partial charge in [0.05, 0.1) is 25.0 Å². The highest BCUT2D eigenvalue weighted by molar-refractivity contribution is 5.82. The van der Waals surface area contributed by atoms with E-state index in [9.17, 15) is 9.59 Å². The van der Waals surface area contributed by atoms with Crippen LogP contribution in [-0.4, -0.2) is 25.2 Å². The summed E-state index contributed by atoms with van der Waals surface area (Å²) < 4.78 is 10.5. The molecule has 0 saturated heterocycles. The predicted molar refractivity (Wildman–Crippen MR) is 83.9 cm³/mol. The first-order valence-corrected chi connectivity index (χ1v) is 8.45. The first-order valence-electron chi connectivity index (χ1n) is 8.45. The maximum absolute atomic E-state index is 12.2. The lowest BCUT2D eigenvalue weighted by Gasteiger charge is -2.23. The summed E-state index contributed by atoms with van der Waals surface area (Å²) in [6, 6.07) is 0. The SMILES string of the molecule is CCCCCC(C(=O)OCCC)C(CC)C(=O)OCCC. The smallest absolute Gasteiger partial charge is 0.309 e. The molecule has 0 amide bonds. The second-order valence-electron chi connectivity index (χ2n) is 5.45. The van der Waals surface area contributed by atoms with Crippen molar-refractivity contribution in [3.05, 3.63) is 0 Å². The number of carbonyl (C=O) groups is 2. The van der Waals surface area contributed by atoms with Crippen LogP contribution in [0.5, 0.6) is 0 Å². The maximum Gasteiger partial charge on any atom is 0.309 e. The van der Waals surface area contributed by atoms with Gasteiger partial charge in [-0.2, -0.15) is 0 Å². The number of ether oxygens (including phenoxy) is 2. The fourth-order valence-electron chi connectivity index (χ4n) is 2.33. The standard InChI is InChI=1S/C17H32O4/c1-5-9-10-11-15(17(19)21-13-7-3)14(8-4)16(18)20-12-6-2/h14-15H,5-13H2,1-4H3. The summed E-state index contributed by atoms with van der Waals surface area (Å²) in [5.41, 5.74) is 0. The minimum atomic E-state index is -0.377. The van der Waals surface area contributed by atoms with E-state index in [1.54, 1.807) is 0 Å². The summed E-state index contributed by atoms with van der Waals surface area (Å²) >= 11 is 0. The van der Waals surface area contributed by atoms with Crippen molar-refractivity contribution in [2.75, 3.05) is 13.2 Å². The van der Waals surface area contributed by atoms with Gasteiger partial charge in [-0.25, -0.2) is 0 Å². The van der Waals surface area contributed by atoms with Gasteiger partial charge in [0.25, 0.3) is 0 Å². The van der Waals surface area contributed by atoms with E-state index in [4.69, 9.17) is 9.47 Å². The first kappa shape index (κ1) is 19.9. The van der Waals surface area contributed by atoms with Gasteiger partial charge in [-0.15, -0.1) is 0 Å². The Morgan fingerprint density at radius 2 is 1.29 bits per heavy atom. The first-order chi connectivity index (χ1) is 10.1. The molecule has 0 rings (SSSR count). The monoisotopic (exact) mass is 300 g/mol. The van der Waals surface area contributed by atoms with E-state index in [-0.39, 0.29) is 23.8 Å². The van der Waals surface area contributed by atoms with E-state index in [0.29, 0.717) is 26.1 Å². The number of carbonyl (C=O) groups excluding carboxylic acids is 2. The minimum absolute atomic E-state index is 0.242. The average molecular weight is 300 g/mol. The number of rotatable bonds is 12. The molecule has 2 atom stereocenters. The molecule has 4 nitrogen and oxygen atoms in total. The van der Waals surface area contributed by atoms with Crippen LogP contribution in [0.4, 0.5) is 0 Å². The fraction of sp³-hybridized carbons (Fsp3) is 0.882. The van der Waals surface area contributed by atoms with E-state index in [1.165, 1.54) is 0 Å². The van der Waals surface area contributed by atoms with Crippen LogP contribution >= 0.6 is 0 Å². The third-order valence-corrected chi connectivity index (χ3v) is 3.55. The van der Waals surface area contributed by atoms with Crippen molar-refractivity contribution in [3.63, 3.8) is 0 Å². The largest absolute Gasteiger partial charge is 0.465 e. The molecule has 0 aliphatic heterocycles. The number of hydrogen-bond donors (Lipinski definition) is 0. The van der Waals surface area contributed by atoms with E-state index in [2.05, 4.69) is 6.92 Å². The van der Waals surface area contributed by atoms with Crippen LogP contribution < -0.4 is 0 Å². The highest BCUT2D eigenvalue weighted by atomic mass is 16.5. The van der Waals surface area contributed by atoms with Gasteiger partial charge < -0.3 is 9.47 Å². The van der Waals surface area contributed by atoms with Crippen LogP contribution in [0.3, 0.4) is 0 Å². The summed E-state index contributed by atoms with van der Waals surface area (Å²) in [5, 5.41) is 0. The average Bonchev–Trinajstić information content (AvgIpc) is 2.49. The van der Waals surface area contributed by atoms with Crippen LogP contribution in [0.15, 0.2) is 0 Å². The summed E-state index contributed by atoms with van der Waals surface area (Å²) in [7, 11) is 0. The van der Waals surface area contributed by atoms with Gasteiger partial charge in [0.1, 0.15) is 0 Å². The number of unbranched alkanes of at least 4 members (excludes halogenated alkanes) is 2. The Kier molecular flexibility index (Phi) is 12.0. The highest BCUT2D eigenvalue weighted by Gasteiger charge is 2.34. The second-order valence-corrected chi connectivity index (χ2v) is 5.45. The van der Waals surface area contributed by atoms with Crippen LogP contribution in [0.2, 0.25) is 0 Å². The summed E-state index contributed by atoms with van der Waals surface area (Å²) in [6.07, 6.45) is 6.01. The number of hydrogen-bond acceptors (Lipinski definition) is 4. The van der Waals surface area contributed by atoms with Crippen LogP contribution in [0.1, 0.15) is 72.6 Å². The molecule has 4 heteroatoms. The molecule has 0 aromatic carbocycles. The third-order valence-electron chi connectivity index (χ3n) is 3.55. The molecule has 0 aromatic rings. The van der Waals surface area contributed by atoms with Crippen LogP contribution in [-0.2, 0) is 19.1 Å². The molecular weight excluding hydrogens is 268 g/mol. The van der Waals surface area contributed by atoms with Gasteiger partial charge in [0.15, 0.2) is 0 Å².